The maximum absolute atomic E-state index is 11.6. The van der Waals surface area contributed by atoms with E-state index in [1.807, 2.05) is 6.92 Å². The van der Waals surface area contributed by atoms with Crippen molar-refractivity contribution >= 4 is 12.0 Å². The van der Waals surface area contributed by atoms with Crippen molar-refractivity contribution in [2.75, 3.05) is 0 Å². The van der Waals surface area contributed by atoms with Crippen molar-refractivity contribution in [2.24, 2.45) is 0 Å². The zero-order valence-electron chi connectivity index (χ0n) is 10.2. The minimum Gasteiger partial charge on any atom is -0.480 e. The van der Waals surface area contributed by atoms with Crippen molar-refractivity contribution in [3.8, 4) is 0 Å². The van der Waals surface area contributed by atoms with E-state index in [4.69, 9.17) is 5.11 Å². The molecule has 1 aromatic heterocycles. The molecule has 1 rings (SSSR count). The predicted molar refractivity (Wildman–Crippen MR) is 60.6 cm³/mol. The lowest BCUT2D eigenvalue weighted by Gasteiger charge is -2.16. The summed E-state index contributed by atoms with van der Waals surface area (Å²) in [5.74, 6) is -0.730. The van der Waals surface area contributed by atoms with Crippen molar-refractivity contribution < 1.29 is 14.7 Å². The first-order chi connectivity index (χ1) is 8.54. The minimum atomic E-state index is -1.06. The molecule has 1 unspecified atom stereocenters. The van der Waals surface area contributed by atoms with Crippen LogP contribution in [-0.4, -0.2) is 43.8 Å². The van der Waals surface area contributed by atoms with Gasteiger partial charge in [-0.3, -0.25) is 0 Å². The van der Waals surface area contributed by atoms with Gasteiger partial charge in [0.15, 0.2) is 5.82 Å². The Morgan fingerprint density at radius 3 is 2.67 bits per heavy atom. The molecule has 9 nitrogen and oxygen atoms in total. The molecule has 0 aliphatic heterocycles. The number of carbonyl (C=O) groups is 2. The molecule has 0 saturated heterocycles. The highest BCUT2D eigenvalue weighted by Crippen LogP contribution is 2.03. The summed E-state index contributed by atoms with van der Waals surface area (Å²) in [6, 6.07) is -1.93. The Bertz CT molecular complexity index is 393. The molecule has 9 heteroatoms. The van der Waals surface area contributed by atoms with Crippen molar-refractivity contribution in [1.82, 2.24) is 31.3 Å². The fourth-order valence-corrected chi connectivity index (χ4v) is 1.36. The lowest BCUT2D eigenvalue weighted by Crippen LogP contribution is -2.46. The number of aromatic amines is 1. The summed E-state index contributed by atoms with van der Waals surface area (Å²) >= 11 is 0. The number of aromatic nitrogens is 4. The Balaban J connectivity index is 2.47. The van der Waals surface area contributed by atoms with Crippen LogP contribution in [0.5, 0.6) is 0 Å². The number of H-pyrrole nitrogens is 1. The van der Waals surface area contributed by atoms with Crippen molar-refractivity contribution in [3.63, 3.8) is 0 Å². The van der Waals surface area contributed by atoms with E-state index in [9.17, 15) is 9.59 Å². The molecule has 0 spiro atoms. The minimum absolute atomic E-state index is 0.326. The number of carboxylic acid groups (broad SMARTS) is 1. The summed E-state index contributed by atoms with van der Waals surface area (Å²) in [7, 11) is 0. The molecule has 0 saturated carbocycles. The quantitative estimate of drug-likeness (QED) is 0.557. The molecular formula is C9H16N6O3. The Labute approximate surface area is 103 Å². The van der Waals surface area contributed by atoms with E-state index in [1.54, 1.807) is 6.92 Å². The van der Waals surface area contributed by atoms with Gasteiger partial charge in [-0.1, -0.05) is 18.6 Å². The average molecular weight is 256 g/mol. The Morgan fingerprint density at radius 2 is 2.17 bits per heavy atom. The molecule has 0 aliphatic carbocycles. The number of rotatable bonds is 6. The van der Waals surface area contributed by atoms with Gasteiger partial charge in [0.25, 0.3) is 0 Å². The first-order valence-corrected chi connectivity index (χ1v) is 5.57. The third kappa shape index (κ3) is 4.00. The van der Waals surface area contributed by atoms with Crippen LogP contribution in [0.1, 0.15) is 38.6 Å². The van der Waals surface area contributed by atoms with Crippen molar-refractivity contribution in [2.45, 2.75) is 38.8 Å². The summed E-state index contributed by atoms with van der Waals surface area (Å²) in [4.78, 5) is 22.4. The van der Waals surface area contributed by atoms with Crippen LogP contribution in [0.4, 0.5) is 4.79 Å². The molecule has 1 heterocycles. The zero-order chi connectivity index (χ0) is 13.5. The SMILES string of the molecule is CCC[C@H](NC(=O)NC(C)c1nn[nH]n1)C(=O)O. The monoisotopic (exact) mass is 256 g/mol. The van der Waals surface area contributed by atoms with Crippen LogP contribution in [0.2, 0.25) is 0 Å². The van der Waals surface area contributed by atoms with E-state index in [2.05, 4.69) is 31.3 Å². The number of carboxylic acids is 1. The van der Waals surface area contributed by atoms with E-state index in [0.717, 1.165) is 0 Å². The number of amides is 2. The number of urea groups is 1. The number of carbonyl (C=O) groups excluding carboxylic acids is 1. The number of tetrazole rings is 1. The van der Waals surface area contributed by atoms with Crippen LogP contribution in [0, 0.1) is 0 Å². The molecule has 2 atom stereocenters. The Kier molecular flexibility index (Phi) is 5.03. The van der Waals surface area contributed by atoms with Gasteiger partial charge in [-0.2, -0.15) is 5.21 Å². The first-order valence-electron chi connectivity index (χ1n) is 5.57. The average Bonchev–Trinajstić information content (AvgIpc) is 2.81. The molecule has 0 radical (unpaired) electrons. The lowest BCUT2D eigenvalue weighted by molar-refractivity contribution is -0.139. The number of hydrogen-bond acceptors (Lipinski definition) is 5. The van der Waals surface area contributed by atoms with E-state index in [-0.39, 0.29) is 0 Å². The fraction of sp³-hybridized carbons (Fsp3) is 0.667. The van der Waals surface area contributed by atoms with Gasteiger partial charge in [0.2, 0.25) is 0 Å². The molecule has 4 N–H and O–H groups in total. The highest BCUT2D eigenvalue weighted by atomic mass is 16.4. The molecule has 0 aromatic carbocycles. The van der Waals surface area contributed by atoms with Gasteiger partial charge in [0.05, 0.1) is 6.04 Å². The van der Waals surface area contributed by atoms with E-state index >= 15 is 0 Å². The zero-order valence-corrected chi connectivity index (χ0v) is 10.2. The number of aliphatic carboxylic acids is 1. The second kappa shape index (κ2) is 6.52. The Morgan fingerprint density at radius 1 is 1.44 bits per heavy atom. The molecule has 0 fully saturated rings. The molecule has 100 valence electrons. The summed E-state index contributed by atoms with van der Waals surface area (Å²) in [5.41, 5.74) is 0. The number of hydrogen-bond donors (Lipinski definition) is 4. The molecule has 18 heavy (non-hydrogen) atoms. The van der Waals surface area contributed by atoms with Gasteiger partial charge in [0, 0.05) is 0 Å². The fourth-order valence-electron chi connectivity index (χ4n) is 1.36. The van der Waals surface area contributed by atoms with Crippen LogP contribution in [-0.2, 0) is 4.79 Å². The normalized spacial score (nSPS) is 13.7. The maximum Gasteiger partial charge on any atom is 0.326 e. The first kappa shape index (κ1) is 13.9. The lowest BCUT2D eigenvalue weighted by atomic mass is 10.2. The highest BCUT2D eigenvalue weighted by Gasteiger charge is 2.20. The molecule has 1 aromatic rings. The third-order valence-corrected chi connectivity index (χ3v) is 2.28. The van der Waals surface area contributed by atoms with E-state index in [1.165, 1.54) is 0 Å². The summed E-state index contributed by atoms with van der Waals surface area (Å²) in [6.45, 7) is 3.51. The van der Waals surface area contributed by atoms with Gasteiger partial charge in [-0.15, -0.1) is 10.2 Å². The predicted octanol–water partition coefficient (Wildman–Crippen LogP) is -0.187. The largest absolute Gasteiger partial charge is 0.480 e. The number of nitrogens with zero attached hydrogens (tertiary/aromatic N) is 3. The second-order valence-corrected chi connectivity index (χ2v) is 3.79. The highest BCUT2D eigenvalue weighted by molar-refractivity contribution is 5.82. The van der Waals surface area contributed by atoms with Crippen LogP contribution >= 0.6 is 0 Å². The maximum atomic E-state index is 11.6. The van der Waals surface area contributed by atoms with Gasteiger partial charge < -0.3 is 15.7 Å². The van der Waals surface area contributed by atoms with E-state index in [0.29, 0.717) is 18.7 Å². The topological polar surface area (TPSA) is 133 Å². The van der Waals surface area contributed by atoms with Crippen molar-refractivity contribution in [1.29, 1.82) is 0 Å². The van der Waals surface area contributed by atoms with E-state index < -0.39 is 24.1 Å². The summed E-state index contributed by atoms with van der Waals surface area (Å²) in [6.07, 6.45) is 1.04. The second-order valence-electron chi connectivity index (χ2n) is 3.79. The van der Waals surface area contributed by atoms with Crippen LogP contribution in [0.15, 0.2) is 0 Å². The molecule has 0 bridgehead atoms. The number of nitrogens with one attached hydrogen (secondary N) is 3. The van der Waals surface area contributed by atoms with Crippen LogP contribution in [0.3, 0.4) is 0 Å². The third-order valence-electron chi connectivity index (χ3n) is 2.28. The van der Waals surface area contributed by atoms with Gasteiger partial charge in [0.1, 0.15) is 6.04 Å². The molecular weight excluding hydrogens is 240 g/mol. The standard InChI is InChI=1S/C9H16N6O3/c1-3-4-6(8(16)17)11-9(18)10-5(2)7-12-14-15-13-7/h5-6H,3-4H2,1-2H3,(H,16,17)(H2,10,11,18)(H,12,13,14,15)/t5?,6-/m0/s1. The molecule has 0 aliphatic rings. The summed E-state index contributed by atoms with van der Waals surface area (Å²) < 4.78 is 0. The molecule has 2 amide bonds. The van der Waals surface area contributed by atoms with Gasteiger partial charge in [-0.05, 0) is 13.3 Å². The van der Waals surface area contributed by atoms with Crippen molar-refractivity contribution in [3.05, 3.63) is 5.82 Å². The van der Waals surface area contributed by atoms with Gasteiger partial charge in [-0.25, -0.2) is 9.59 Å². The van der Waals surface area contributed by atoms with Crippen LogP contribution < -0.4 is 10.6 Å². The Hall–Kier alpha value is -2.19. The van der Waals surface area contributed by atoms with Gasteiger partial charge >= 0.3 is 12.0 Å². The smallest absolute Gasteiger partial charge is 0.326 e. The van der Waals surface area contributed by atoms with Crippen LogP contribution in [0.25, 0.3) is 0 Å². The summed E-state index contributed by atoms with van der Waals surface area (Å²) in [5, 5.41) is 26.9.